The molecule has 0 heterocycles. The molecular weight excluding hydrogens is 92.1 g/mol. The molecule has 0 unspecified atom stereocenters. The van der Waals surface area contributed by atoms with Crippen LogP contribution in [0, 0.1) is 0 Å². The summed E-state index contributed by atoms with van der Waals surface area (Å²) >= 11 is 0. The van der Waals surface area contributed by atoms with E-state index in [4.69, 9.17) is 5.11 Å². The van der Waals surface area contributed by atoms with Gasteiger partial charge < -0.3 is 5.11 Å². The van der Waals surface area contributed by atoms with Crippen molar-refractivity contribution < 1.29 is 9.90 Å². The Labute approximate surface area is 41.8 Å². The topological polar surface area (TPSA) is 37.3 Å². The van der Waals surface area contributed by atoms with Gasteiger partial charge in [0.15, 0.2) is 0 Å². The lowest BCUT2D eigenvalue weighted by Crippen LogP contribution is -1.78. The first-order valence-corrected chi connectivity index (χ1v) is 1.78. The Morgan fingerprint density at radius 1 is 1.86 bits per heavy atom. The van der Waals surface area contributed by atoms with Crippen molar-refractivity contribution in [3.8, 4) is 0 Å². The van der Waals surface area contributed by atoms with E-state index in [0.717, 1.165) is 0 Å². The van der Waals surface area contributed by atoms with E-state index in [9.17, 15) is 4.79 Å². The maximum absolute atomic E-state index is 9.56. The van der Waals surface area contributed by atoms with Crippen LogP contribution in [0.25, 0.3) is 0 Å². The van der Waals surface area contributed by atoms with Crippen molar-refractivity contribution in [2.75, 3.05) is 0 Å². The first kappa shape index (κ1) is 5.99. The SMILES string of the molecule is C=C(O)C(C)=C=O. The van der Waals surface area contributed by atoms with E-state index in [-0.39, 0.29) is 11.3 Å². The molecule has 0 aliphatic rings. The molecule has 0 saturated carbocycles. The Morgan fingerprint density at radius 3 is 2.29 bits per heavy atom. The van der Waals surface area contributed by atoms with Crippen molar-refractivity contribution in [3.05, 3.63) is 17.9 Å². The Bertz CT molecular complexity index is 129. The van der Waals surface area contributed by atoms with Crippen LogP contribution >= 0.6 is 0 Å². The van der Waals surface area contributed by atoms with Crippen LogP contribution in [0.3, 0.4) is 0 Å². The molecule has 2 heteroatoms. The smallest absolute Gasteiger partial charge is 0.131 e. The molecule has 0 aromatic carbocycles. The summed E-state index contributed by atoms with van der Waals surface area (Å²) in [6.45, 7) is 4.52. The number of hydrogen-bond acceptors (Lipinski definition) is 2. The molecule has 38 valence electrons. The first-order valence-electron chi connectivity index (χ1n) is 1.78. The van der Waals surface area contributed by atoms with Gasteiger partial charge in [0.2, 0.25) is 0 Å². The van der Waals surface area contributed by atoms with Gasteiger partial charge in [-0.2, -0.15) is 0 Å². The Hall–Kier alpha value is -1.01. The maximum Gasteiger partial charge on any atom is 0.131 e. The Kier molecular flexibility index (Phi) is 1.89. The molecule has 2 nitrogen and oxygen atoms in total. The third-order valence-electron chi connectivity index (χ3n) is 0.586. The highest BCUT2D eigenvalue weighted by Crippen LogP contribution is 1.93. The van der Waals surface area contributed by atoms with Crippen LogP contribution in [-0.2, 0) is 4.79 Å². The van der Waals surface area contributed by atoms with Crippen LogP contribution in [0.1, 0.15) is 6.92 Å². The highest BCUT2D eigenvalue weighted by Gasteiger charge is 1.87. The van der Waals surface area contributed by atoms with E-state index in [2.05, 4.69) is 6.58 Å². The summed E-state index contributed by atoms with van der Waals surface area (Å²) in [6, 6.07) is 0. The molecule has 1 N–H and O–H groups in total. The lowest BCUT2D eigenvalue weighted by atomic mass is 10.3. The zero-order valence-electron chi connectivity index (χ0n) is 4.06. The molecule has 0 amide bonds. The van der Waals surface area contributed by atoms with Crippen LogP contribution in [0.4, 0.5) is 0 Å². The van der Waals surface area contributed by atoms with Crippen LogP contribution < -0.4 is 0 Å². The van der Waals surface area contributed by atoms with Gasteiger partial charge in [-0.25, -0.2) is 4.79 Å². The van der Waals surface area contributed by atoms with E-state index < -0.39 is 0 Å². The lowest BCUT2D eigenvalue weighted by Gasteiger charge is -1.84. The minimum atomic E-state index is -0.213. The van der Waals surface area contributed by atoms with Crippen molar-refractivity contribution in [1.82, 2.24) is 0 Å². The summed E-state index contributed by atoms with van der Waals surface area (Å²) in [5.74, 6) is 1.27. The van der Waals surface area contributed by atoms with Gasteiger partial charge in [0.05, 0.1) is 5.57 Å². The molecule has 0 spiro atoms. The average Bonchev–Trinajstić information content (AvgIpc) is 1.65. The summed E-state index contributed by atoms with van der Waals surface area (Å²) in [6.07, 6.45) is 0. The van der Waals surface area contributed by atoms with Crippen LogP contribution in [0.15, 0.2) is 17.9 Å². The first-order chi connectivity index (χ1) is 3.18. The van der Waals surface area contributed by atoms with E-state index in [1.165, 1.54) is 12.9 Å². The number of allylic oxidation sites excluding steroid dienone is 1. The molecule has 0 aromatic rings. The van der Waals surface area contributed by atoms with Crippen molar-refractivity contribution in [3.63, 3.8) is 0 Å². The predicted octanol–water partition coefficient (Wildman–Crippen LogP) is 0.836. The molecule has 0 atom stereocenters. The molecule has 0 radical (unpaired) electrons. The zero-order chi connectivity index (χ0) is 5.86. The van der Waals surface area contributed by atoms with Crippen molar-refractivity contribution >= 4 is 5.94 Å². The largest absolute Gasteiger partial charge is 0.508 e. The predicted molar refractivity (Wildman–Crippen MR) is 26.6 cm³/mol. The van der Waals surface area contributed by atoms with Crippen molar-refractivity contribution in [2.45, 2.75) is 6.92 Å². The Balaban J connectivity index is 4.10. The second kappa shape index (κ2) is 2.21. The van der Waals surface area contributed by atoms with Gasteiger partial charge in [-0.3, -0.25) is 0 Å². The highest BCUT2D eigenvalue weighted by atomic mass is 16.3. The monoisotopic (exact) mass is 98.0 g/mol. The normalized spacial score (nSPS) is 7.00. The van der Waals surface area contributed by atoms with Crippen molar-refractivity contribution in [1.29, 1.82) is 0 Å². The van der Waals surface area contributed by atoms with Gasteiger partial charge >= 0.3 is 0 Å². The fraction of sp³-hybridized carbons (Fsp3) is 0.200. The third-order valence-corrected chi connectivity index (χ3v) is 0.586. The maximum atomic E-state index is 9.56. The second-order valence-electron chi connectivity index (χ2n) is 1.17. The van der Waals surface area contributed by atoms with E-state index >= 15 is 0 Å². The fourth-order valence-electron chi connectivity index (χ4n) is 0.0589. The summed E-state index contributed by atoms with van der Waals surface area (Å²) in [5, 5.41) is 8.33. The molecule has 0 bridgehead atoms. The van der Waals surface area contributed by atoms with Gasteiger partial charge in [0, 0.05) is 0 Å². The minimum Gasteiger partial charge on any atom is -0.508 e. The van der Waals surface area contributed by atoms with Crippen molar-refractivity contribution in [2.24, 2.45) is 0 Å². The number of carbonyl (C=O) groups excluding carboxylic acids is 1. The third kappa shape index (κ3) is 1.79. The number of hydrogen-bond donors (Lipinski definition) is 1. The molecule has 0 fully saturated rings. The average molecular weight is 98.1 g/mol. The molecule has 0 rings (SSSR count). The summed E-state index contributed by atoms with van der Waals surface area (Å²) in [4.78, 5) is 9.56. The molecule has 0 aliphatic carbocycles. The number of aliphatic hydroxyl groups excluding tert-OH is 1. The van der Waals surface area contributed by atoms with E-state index in [1.807, 2.05) is 0 Å². The summed E-state index contributed by atoms with van der Waals surface area (Å²) in [7, 11) is 0. The summed E-state index contributed by atoms with van der Waals surface area (Å²) in [5.41, 5.74) is 0.153. The molecule has 0 saturated heterocycles. The van der Waals surface area contributed by atoms with E-state index in [0.29, 0.717) is 0 Å². The number of aliphatic hydroxyl groups is 1. The van der Waals surface area contributed by atoms with E-state index in [1.54, 1.807) is 0 Å². The van der Waals surface area contributed by atoms with Gasteiger partial charge in [0.1, 0.15) is 11.7 Å². The van der Waals surface area contributed by atoms with Gasteiger partial charge in [-0.1, -0.05) is 6.58 Å². The zero-order valence-corrected chi connectivity index (χ0v) is 4.06. The standard InChI is InChI=1S/C5H6O2/c1-4(3-6)5(2)7/h7H,2H2,1H3. The van der Waals surface area contributed by atoms with Gasteiger partial charge in [-0.05, 0) is 6.92 Å². The molecular formula is C5H6O2. The number of rotatable bonds is 1. The highest BCUT2D eigenvalue weighted by molar-refractivity contribution is 5.57. The van der Waals surface area contributed by atoms with Crippen LogP contribution in [0.5, 0.6) is 0 Å². The van der Waals surface area contributed by atoms with Gasteiger partial charge in [0.25, 0.3) is 0 Å². The fourth-order valence-corrected chi connectivity index (χ4v) is 0.0589. The van der Waals surface area contributed by atoms with Crippen LogP contribution in [0.2, 0.25) is 0 Å². The quantitative estimate of drug-likeness (QED) is 0.299. The summed E-state index contributed by atoms with van der Waals surface area (Å²) < 4.78 is 0. The minimum absolute atomic E-state index is 0.153. The molecule has 0 aromatic heterocycles. The lowest BCUT2D eigenvalue weighted by molar-refractivity contribution is 0.426. The molecule has 7 heavy (non-hydrogen) atoms. The van der Waals surface area contributed by atoms with Gasteiger partial charge in [-0.15, -0.1) is 0 Å². The molecule has 0 aliphatic heterocycles. The van der Waals surface area contributed by atoms with Crippen LogP contribution in [-0.4, -0.2) is 11.0 Å². The Morgan fingerprint density at radius 2 is 2.29 bits per heavy atom. The second-order valence-corrected chi connectivity index (χ2v) is 1.17.